The van der Waals surface area contributed by atoms with Gasteiger partial charge in [-0.3, -0.25) is 9.59 Å². The molecule has 0 atom stereocenters. The van der Waals surface area contributed by atoms with Crippen molar-refractivity contribution in [3.05, 3.63) is 29.3 Å². The molecule has 1 aliphatic heterocycles. The Kier molecular flexibility index (Phi) is 4.16. The second-order valence-electron chi connectivity index (χ2n) is 4.68. The Morgan fingerprint density at radius 2 is 1.89 bits per heavy atom. The number of carbonyl (C=O) groups excluding carboxylic acids is 2. The van der Waals surface area contributed by atoms with Crippen LogP contribution in [0.3, 0.4) is 0 Å². The highest BCUT2D eigenvalue weighted by atomic mass is 16.5. The van der Waals surface area contributed by atoms with Crippen molar-refractivity contribution < 1.29 is 14.3 Å². The van der Waals surface area contributed by atoms with E-state index in [0.717, 1.165) is 11.1 Å². The molecule has 1 saturated heterocycles. The number of nitrogens with one attached hydrogen (secondary N) is 1. The highest BCUT2D eigenvalue weighted by Crippen LogP contribution is 2.16. The molecule has 19 heavy (non-hydrogen) atoms. The average Bonchev–Trinajstić information content (AvgIpc) is 2.43. The molecule has 1 aliphatic rings. The first kappa shape index (κ1) is 13.5. The predicted octanol–water partition coefficient (Wildman–Crippen LogP) is 1.10. The molecule has 0 saturated carbocycles. The zero-order chi connectivity index (χ0) is 13.8. The summed E-state index contributed by atoms with van der Waals surface area (Å²) < 4.78 is 5.16. The van der Waals surface area contributed by atoms with Crippen molar-refractivity contribution in [1.82, 2.24) is 4.90 Å². The Balaban J connectivity index is 2.03. The Morgan fingerprint density at radius 3 is 2.58 bits per heavy atom. The molecule has 1 fully saturated rings. The predicted molar refractivity (Wildman–Crippen MR) is 71.9 cm³/mol. The second kappa shape index (κ2) is 5.84. The Labute approximate surface area is 112 Å². The molecular weight excluding hydrogens is 244 g/mol. The van der Waals surface area contributed by atoms with Gasteiger partial charge in [-0.05, 0) is 31.0 Å². The lowest BCUT2D eigenvalue weighted by molar-refractivity contribution is -0.145. The number of rotatable bonds is 1. The van der Waals surface area contributed by atoms with Crippen LogP contribution in [0.4, 0.5) is 5.69 Å². The molecule has 0 aliphatic carbocycles. The van der Waals surface area contributed by atoms with E-state index in [-0.39, 0.29) is 0 Å². The molecule has 0 aromatic heterocycles. The molecule has 5 heteroatoms. The molecule has 1 N–H and O–H groups in total. The van der Waals surface area contributed by atoms with Gasteiger partial charge in [-0.2, -0.15) is 0 Å². The minimum absolute atomic E-state index is 0.471. The molecular formula is C14H18N2O3. The van der Waals surface area contributed by atoms with E-state index in [0.29, 0.717) is 32.0 Å². The number of hydrogen-bond donors (Lipinski definition) is 1. The van der Waals surface area contributed by atoms with E-state index < -0.39 is 11.8 Å². The summed E-state index contributed by atoms with van der Waals surface area (Å²) in [5, 5.41) is 2.68. The lowest BCUT2D eigenvalue weighted by Gasteiger charge is -2.26. The topological polar surface area (TPSA) is 58.6 Å². The lowest BCUT2D eigenvalue weighted by Crippen LogP contribution is -2.45. The van der Waals surface area contributed by atoms with Crippen LogP contribution in [-0.4, -0.2) is 43.0 Å². The lowest BCUT2D eigenvalue weighted by atomic mass is 10.1. The maximum Gasteiger partial charge on any atom is 0.313 e. The van der Waals surface area contributed by atoms with Gasteiger partial charge >= 0.3 is 11.8 Å². The van der Waals surface area contributed by atoms with Crippen LogP contribution in [0.1, 0.15) is 11.1 Å². The van der Waals surface area contributed by atoms with Gasteiger partial charge in [0.05, 0.1) is 13.2 Å². The van der Waals surface area contributed by atoms with Crippen molar-refractivity contribution in [2.24, 2.45) is 0 Å². The van der Waals surface area contributed by atoms with E-state index in [1.165, 1.54) is 4.90 Å². The average molecular weight is 262 g/mol. The van der Waals surface area contributed by atoms with Crippen LogP contribution in [0.5, 0.6) is 0 Å². The minimum atomic E-state index is -0.587. The zero-order valence-electron chi connectivity index (χ0n) is 11.2. The van der Waals surface area contributed by atoms with Crippen molar-refractivity contribution in [3.63, 3.8) is 0 Å². The number of morpholine rings is 1. The highest BCUT2D eigenvalue weighted by molar-refractivity contribution is 6.39. The molecule has 1 heterocycles. The first-order valence-electron chi connectivity index (χ1n) is 6.33. The number of aryl methyl sites for hydroxylation is 2. The van der Waals surface area contributed by atoms with Crippen LogP contribution in [0, 0.1) is 13.8 Å². The van der Waals surface area contributed by atoms with Crippen LogP contribution in [-0.2, 0) is 14.3 Å². The third-order valence-corrected chi connectivity index (χ3v) is 3.13. The molecule has 0 bridgehead atoms. The second-order valence-corrected chi connectivity index (χ2v) is 4.68. The highest BCUT2D eigenvalue weighted by Gasteiger charge is 2.23. The van der Waals surface area contributed by atoms with E-state index in [1.807, 2.05) is 32.0 Å². The summed E-state index contributed by atoms with van der Waals surface area (Å²) in [5.74, 6) is -1.08. The van der Waals surface area contributed by atoms with Crippen molar-refractivity contribution in [3.8, 4) is 0 Å². The van der Waals surface area contributed by atoms with Gasteiger partial charge in [0.25, 0.3) is 0 Å². The number of amides is 2. The minimum Gasteiger partial charge on any atom is -0.378 e. The SMILES string of the molecule is Cc1ccc(C)c(NC(=O)C(=O)N2CCOCC2)c1. The third kappa shape index (κ3) is 3.32. The standard InChI is InChI=1S/C14H18N2O3/c1-10-3-4-11(2)12(9-10)15-13(17)14(18)16-5-7-19-8-6-16/h3-4,9H,5-8H2,1-2H3,(H,15,17). The number of ether oxygens (including phenoxy) is 1. The molecule has 0 unspecified atom stereocenters. The van der Waals surface area contributed by atoms with Crippen LogP contribution >= 0.6 is 0 Å². The van der Waals surface area contributed by atoms with Gasteiger partial charge in [0.2, 0.25) is 0 Å². The summed E-state index contributed by atoms with van der Waals surface area (Å²) in [7, 11) is 0. The molecule has 0 radical (unpaired) electrons. The quantitative estimate of drug-likeness (QED) is 0.771. The van der Waals surface area contributed by atoms with Crippen molar-refractivity contribution in [2.75, 3.05) is 31.6 Å². The summed E-state index contributed by atoms with van der Waals surface area (Å²) in [4.78, 5) is 25.4. The van der Waals surface area contributed by atoms with Crippen molar-refractivity contribution >= 4 is 17.5 Å². The fourth-order valence-corrected chi connectivity index (χ4v) is 1.96. The Bertz CT molecular complexity index is 493. The molecule has 5 nitrogen and oxygen atoms in total. The first-order chi connectivity index (χ1) is 9.08. The summed E-state index contributed by atoms with van der Waals surface area (Å²) in [5.41, 5.74) is 2.67. The van der Waals surface area contributed by atoms with Crippen LogP contribution in [0.2, 0.25) is 0 Å². The maximum absolute atomic E-state index is 12.0. The van der Waals surface area contributed by atoms with Crippen molar-refractivity contribution in [2.45, 2.75) is 13.8 Å². The number of benzene rings is 1. The monoisotopic (exact) mass is 262 g/mol. The van der Waals surface area contributed by atoms with E-state index >= 15 is 0 Å². The summed E-state index contributed by atoms with van der Waals surface area (Å²) >= 11 is 0. The summed E-state index contributed by atoms with van der Waals surface area (Å²) in [6.45, 7) is 5.76. The van der Waals surface area contributed by atoms with Gasteiger partial charge in [-0.15, -0.1) is 0 Å². The first-order valence-corrected chi connectivity index (χ1v) is 6.33. The molecule has 1 aromatic carbocycles. The maximum atomic E-state index is 12.0. The Hall–Kier alpha value is -1.88. The largest absolute Gasteiger partial charge is 0.378 e. The molecule has 0 spiro atoms. The third-order valence-electron chi connectivity index (χ3n) is 3.13. The summed E-state index contributed by atoms with van der Waals surface area (Å²) in [6.07, 6.45) is 0. The van der Waals surface area contributed by atoms with Gasteiger partial charge in [-0.1, -0.05) is 12.1 Å². The fourth-order valence-electron chi connectivity index (χ4n) is 1.96. The fraction of sp³-hybridized carbons (Fsp3) is 0.429. The molecule has 2 rings (SSSR count). The van der Waals surface area contributed by atoms with E-state index in [4.69, 9.17) is 4.74 Å². The number of hydrogen-bond acceptors (Lipinski definition) is 3. The number of nitrogens with zero attached hydrogens (tertiary/aromatic N) is 1. The van der Waals surface area contributed by atoms with Gasteiger partial charge < -0.3 is 15.0 Å². The molecule has 1 aromatic rings. The van der Waals surface area contributed by atoms with Gasteiger partial charge in [0.15, 0.2) is 0 Å². The Morgan fingerprint density at radius 1 is 1.21 bits per heavy atom. The van der Waals surface area contributed by atoms with Gasteiger partial charge in [0, 0.05) is 18.8 Å². The van der Waals surface area contributed by atoms with E-state index in [2.05, 4.69) is 5.32 Å². The van der Waals surface area contributed by atoms with Crippen molar-refractivity contribution in [1.29, 1.82) is 0 Å². The van der Waals surface area contributed by atoms with Gasteiger partial charge in [0.1, 0.15) is 0 Å². The zero-order valence-corrected chi connectivity index (χ0v) is 11.2. The molecule has 2 amide bonds. The normalized spacial score (nSPS) is 15.2. The van der Waals surface area contributed by atoms with E-state index in [1.54, 1.807) is 0 Å². The van der Waals surface area contributed by atoms with Gasteiger partial charge in [-0.25, -0.2) is 0 Å². The van der Waals surface area contributed by atoms with Crippen LogP contribution in [0.15, 0.2) is 18.2 Å². The number of carbonyl (C=O) groups is 2. The van der Waals surface area contributed by atoms with Crippen LogP contribution in [0.25, 0.3) is 0 Å². The smallest absolute Gasteiger partial charge is 0.313 e. The van der Waals surface area contributed by atoms with E-state index in [9.17, 15) is 9.59 Å². The molecule has 102 valence electrons. The summed E-state index contributed by atoms with van der Waals surface area (Å²) in [6, 6.07) is 5.75. The number of anilines is 1. The van der Waals surface area contributed by atoms with Crippen LogP contribution < -0.4 is 5.32 Å².